The van der Waals surface area contributed by atoms with Crippen LogP contribution < -0.4 is 16.0 Å². The van der Waals surface area contributed by atoms with E-state index in [1.54, 1.807) is 24.3 Å². The number of rotatable bonds is 5. The zero-order valence-corrected chi connectivity index (χ0v) is 11.5. The summed E-state index contributed by atoms with van der Waals surface area (Å²) in [6.07, 6.45) is 1.24. The normalized spacial score (nSPS) is 10.3. The highest BCUT2D eigenvalue weighted by Gasteiger charge is 2.13. The summed E-state index contributed by atoms with van der Waals surface area (Å²) >= 11 is 0. The standard InChI is InChI=1S/C14H15N3O4/c1-10-7-14(18)16(9-13(10)17(19)20)5-6-21-12-4-2-3-11(15)8-12/h2-4,7-9H,5-6,15H2,1H3. The molecule has 0 bridgehead atoms. The van der Waals surface area contributed by atoms with Crippen LogP contribution in [-0.2, 0) is 6.54 Å². The molecule has 0 radical (unpaired) electrons. The van der Waals surface area contributed by atoms with E-state index in [9.17, 15) is 14.9 Å². The van der Waals surface area contributed by atoms with Crippen molar-refractivity contribution in [3.63, 3.8) is 0 Å². The molecule has 0 atom stereocenters. The summed E-state index contributed by atoms with van der Waals surface area (Å²) in [6.45, 7) is 1.96. The predicted molar refractivity (Wildman–Crippen MR) is 78.4 cm³/mol. The number of aryl methyl sites for hydroxylation is 1. The van der Waals surface area contributed by atoms with Crippen LogP contribution in [0.3, 0.4) is 0 Å². The Morgan fingerprint density at radius 2 is 2.14 bits per heavy atom. The first-order chi connectivity index (χ1) is 9.97. The van der Waals surface area contributed by atoms with E-state index in [-0.39, 0.29) is 24.4 Å². The van der Waals surface area contributed by atoms with E-state index in [0.717, 1.165) is 0 Å². The van der Waals surface area contributed by atoms with Crippen LogP contribution in [0.4, 0.5) is 11.4 Å². The molecule has 0 aliphatic carbocycles. The highest BCUT2D eigenvalue weighted by atomic mass is 16.6. The van der Waals surface area contributed by atoms with Gasteiger partial charge in [0, 0.05) is 23.4 Å². The van der Waals surface area contributed by atoms with Crippen molar-refractivity contribution in [1.29, 1.82) is 0 Å². The first kappa shape index (κ1) is 14.6. The molecule has 7 nitrogen and oxygen atoms in total. The number of hydrogen-bond acceptors (Lipinski definition) is 5. The number of ether oxygens (including phenoxy) is 1. The summed E-state index contributed by atoms with van der Waals surface area (Å²) in [4.78, 5) is 22.1. The van der Waals surface area contributed by atoms with E-state index in [4.69, 9.17) is 10.5 Å². The number of aromatic nitrogens is 1. The second-order valence-electron chi connectivity index (χ2n) is 4.55. The third-order valence-electron chi connectivity index (χ3n) is 2.96. The Morgan fingerprint density at radius 3 is 2.81 bits per heavy atom. The van der Waals surface area contributed by atoms with Gasteiger partial charge >= 0.3 is 0 Å². The smallest absolute Gasteiger partial charge is 0.288 e. The number of pyridine rings is 1. The second-order valence-corrected chi connectivity index (χ2v) is 4.55. The predicted octanol–water partition coefficient (Wildman–Crippen LogP) is 1.73. The summed E-state index contributed by atoms with van der Waals surface area (Å²) in [5.41, 5.74) is 6.17. The maximum atomic E-state index is 11.8. The quantitative estimate of drug-likeness (QED) is 0.513. The zero-order chi connectivity index (χ0) is 15.4. The van der Waals surface area contributed by atoms with E-state index >= 15 is 0 Å². The van der Waals surface area contributed by atoms with Crippen LogP contribution in [0.15, 0.2) is 41.3 Å². The summed E-state index contributed by atoms with van der Waals surface area (Å²) in [5.74, 6) is 0.588. The number of hydrogen-bond donors (Lipinski definition) is 1. The summed E-state index contributed by atoms with van der Waals surface area (Å²) in [5, 5.41) is 10.9. The van der Waals surface area contributed by atoms with Gasteiger partial charge < -0.3 is 15.0 Å². The monoisotopic (exact) mass is 289 g/mol. The van der Waals surface area contributed by atoms with Gasteiger partial charge in [-0.2, -0.15) is 0 Å². The molecule has 0 fully saturated rings. The lowest BCUT2D eigenvalue weighted by molar-refractivity contribution is -0.385. The minimum absolute atomic E-state index is 0.0847. The molecule has 0 aliphatic rings. The molecular weight excluding hydrogens is 274 g/mol. The summed E-state index contributed by atoms with van der Waals surface area (Å²) in [6, 6.07) is 8.16. The Balaban J connectivity index is 2.08. The molecule has 1 aromatic carbocycles. The molecule has 2 rings (SSSR count). The van der Waals surface area contributed by atoms with E-state index in [0.29, 0.717) is 17.0 Å². The minimum atomic E-state index is -0.510. The maximum Gasteiger partial charge on any atom is 0.288 e. The summed E-state index contributed by atoms with van der Waals surface area (Å²) in [7, 11) is 0. The van der Waals surface area contributed by atoms with Crippen LogP contribution in [0.25, 0.3) is 0 Å². The van der Waals surface area contributed by atoms with Crippen molar-refractivity contribution >= 4 is 11.4 Å². The van der Waals surface area contributed by atoms with Crippen LogP contribution in [0.5, 0.6) is 5.75 Å². The molecule has 0 aliphatic heterocycles. The van der Waals surface area contributed by atoms with Gasteiger partial charge in [0.05, 0.1) is 17.7 Å². The lowest BCUT2D eigenvalue weighted by Crippen LogP contribution is -2.23. The van der Waals surface area contributed by atoms with Gasteiger partial charge in [0.1, 0.15) is 12.4 Å². The van der Waals surface area contributed by atoms with Gasteiger partial charge in [0.25, 0.3) is 11.2 Å². The van der Waals surface area contributed by atoms with Gasteiger partial charge in [-0.1, -0.05) is 6.07 Å². The van der Waals surface area contributed by atoms with Gasteiger partial charge in [-0.3, -0.25) is 14.9 Å². The average molecular weight is 289 g/mol. The molecule has 0 unspecified atom stereocenters. The molecule has 7 heteroatoms. The van der Waals surface area contributed by atoms with E-state index in [1.165, 1.54) is 23.8 Å². The van der Waals surface area contributed by atoms with E-state index in [2.05, 4.69) is 0 Å². The van der Waals surface area contributed by atoms with Crippen molar-refractivity contribution in [2.24, 2.45) is 0 Å². The van der Waals surface area contributed by atoms with Crippen LogP contribution in [0, 0.1) is 17.0 Å². The van der Waals surface area contributed by atoms with Crippen molar-refractivity contribution in [1.82, 2.24) is 4.57 Å². The molecular formula is C14H15N3O4. The zero-order valence-electron chi connectivity index (χ0n) is 11.5. The Bertz CT molecular complexity index is 724. The maximum absolute atomic E-state index is 11.8. The first-order valence-electron chi connectivity index (χ1n) is 6.31. The van der Waals surface area contributed by atoms with Crippen LogP contribution in [0.2, 0.25) is 0 Å². The molecule has 2 aromatic rings. The van der Waals surface area contributed by atoms with Gasteiger partial charge in [-0.25, -0.2) is 0 Å². The van der Waals surface area contributed by atoms with E-state index in [1.807, 2.05) is 0 Å². The Labute approximate surface area is 120 Å². The largest absolute Gasteiger partial charge is 0.492 e. The molecule has 0 spiro atoms. The Kier molecular flexibility index (Phi) is 4.22. The fourth-order valence-electron chi connectivity index (χ4n) is 1.89. The second kappa shape index (κ2) is 6.08. The third kappa shape index (κ3) is 3.59. The fraction of sp³-hybridized carbons (Fsp3) is 0.214. The number of nitrogens with zero attached hydrogens (tertiary/aromatic N) is 2. The molecule has 2 N–H and O–H groups in total. The van der Waals surface area contributed by atoms with Crippen molar-refractivity contribution in [3.05, 3.63) is 62.6 Å². The van der Waals surface area contributed by atoms with Crippen LogP contribution in [-0.4, -0.2) is 16.1 Å². The number of nitrogens with two attached hydrogens (primary N) is 1. The van der Waals surface area contributed by atoms with Crippen molar-refractivity contribution < 1.29 is 9.66 Å². The van der Waals surface area contributed by atoms with Crippen molar-refractivity contribution in [2.45, 2.75) is 13.5 Å². The van der Waals surface area contributed by atoms with Gasteiger partial charge in [-0.05, 0) is 19.1 Å². The Hall–Kier alpha value is -2.83. The van der Waals surface area contributed by atoms with Crippen LogP contribution in [0.1, 0.15) is 5.56 Å². The molecule has 0 saturated heterocycles. The number of nitro groups is 1. The van der Waals surface area contributed by atoms with E-state index < -0.39 is 4.92 Å². The lowest BCUT2D eigenvalue weighted by Gasteiger charge is -2.09. The molecule has 0 amide bonds. The highest BCUT2D eigenvalue weighted by Crippen LogP contribution is 2.15. The molecule has 110 valence electrons. The average Bonchev–Trinajstić information content (AvgIpc) is 2.41. The molecule has 1 heterocycles. The molecule has 1 aromatic heterocycles. The van der Waals surface area contributed by atoms with Gasteiger partial charge in [-0.15, -0.1) is 0 Å². The van der Waals surface area contributed by atoms with Gasteiger partial charge in [0.15, 0.2) is 0 Å². The number of benzene rings is 1. The van der Waals surface area contributed by atoms with Crippen LogP contribution >= 0.6 is 0 Å². The molecule has 0 saturated carbocycles. The number of nitrogen functional groups attached to an aromatic ring is 1. The summed E-state index contributed by atoms with van der Waals surface area (Å²) < 4.78 is 6.73. The molecule has 21 heavy (non-hydrogen) atoms. The van der Waals surface area contributed by atoms with Crippen molar-refractivity contribution in [3.8, 4) is 5.75 Å². The topological polar surface area (TPSA) is 100 Å². The first-order valence-corrected chi connectivity index (χ1v) is 6.31. The third-order valence-corrected chi connectivity index (χ3v) is 2.96. The SMILES string of the molecule is Cc1cc(=O)n(CCOc2cccc(N)c2)cc1[N+](=O)[O-]. The Morgan fingerprint density at radius 1 is 1.38 bits per heavy atom. The highest BCUT2D eigenvalue weighted by molar-refractivity contribution is 5.43. The lowest BCUT2D eigenvalue weighted by atomic mass is 10.2. The van der Waals surface area contributed by atoms with Gasteiger partial charge in [0.2, 0.25) is 0 Å². The minimum Gasteiger partial charge on any atom is -0.492 e. The number of anilines is 1. The van der Waals surface area contributed by atoms with Crippen molar-refractivity contribution in [2.75, 3.05) is 12.3 Å². The fourth-order valence-corrected chi connectivity index (χ4v) is 1.89.